The fraction of sp³-hybridized carbons (Fsp3) is 0.200. The topological polar surface area (TPSA) is 69.2 Å². The maximum Gasteiger partial charge on any atom is 0.281 e. The molecule has 0 aliphatic heterocycles. The number of hydrogen-bond donors (Lipinski definition) is 1. The van der Waals surface area contributed by atoms with E-state index in [1.54, 1.807) is 45.6 Å². The zero-order chi connectivity index (χ0) is 15.9. The molecule has 2 rings (SSSR count). The van der Waals surface area contributed by atoms with Gasteiger partial charge in [-0.05, 0) is 17.5 Å². The SMILES string of the molecule is COc1cc(OC)c(OC)cc1C=NNC(=O)c1cccs1. The molecule has 1 heterocycles. The summed E-state index contributed by atoms with van der Waals surface area (Å²) >= 11 is 1.35. The van der Waals surface area contributed by atoms with Crippen molar-refractivity contribution in [3.8, 4) is 17.2 Å². The van der Waals surface area contributed by atoms with Crippen molar-refractivity contribution in [3.63, 3.8) is 0 Å². The molecular weight excluding hydrogens is 304 g/mol. The Morgan fingerprint density at radius 1 is 1.14 bits per heavy atom. The summed E-state index contributed by atoms with van der Waals surface area (Å²) < 4.78 is 15.7. The monoisotopic (exact) mass is 320 g/mol. The Bertz CT molecular complexity index is 668. The highest BCUT2D eigenvalue weighted by molar-refractivity contribution is 7.12. The Morgan fingerprint density at radius 2 is 1.82 bits per heavy atom. The molecule has 116 valence electrons. The molecule has 0 unspecified atom stereocenters. The number of carbonyl (C=O) groups excluding carboxylic acids is 1. The van der Waals surface area contributed by atoms with Gasteiger partial charge in [0, 0.05) is 11.6 Å². The molecule has 6 nitrogen and oxygen atoms in total. The van der Waals surface area contributed by atoms with Crippen molar-refractivity contribution in [2.75, 3.05) is 21.3 Å². The van der Waals surface area contributed by atoms with Gasteiger partial charge in [0.25, 0.3) is 5.91 Å². The lowest BCUT2D eigenvalue weighted by Gasteiger charge is -2.11. The standard InChI is InChI=1S/C15H16N2O4S/c1-19-11-8-13(21-3)12(20-2)7-10(11)9-16-17-15(18)14-5-4-6-22-14/h4-9H,1-3H3,(H,17,18). The molecule has 2 aromatic rings. The zero-order valence-corrected chi connectivity index (χ0v) is 13.3. The predicted octanol–water partition coefficient (Wildman–Crippen LogP) is 2.54. The number of ether oxygens (including phenoxy) is 3. The highest BCUT2D eigenvalue weighted by atomic mass is 32.1. The molecule has 1 N–H and O–H groups in total. The molecule has 1 amide bonds. The van der Waals surface area contributed by atoms with Crippen LogP contribution in [-0.2, 0) is 0 Å². The lowest BCUT2D eigenvalue weighted by atomic mass is 10.2. The Hall–Kier alpha value is -2.54. The summed E-state index contributed by atoms with van der Waals surface area (Å²) in [5.41, 5.74) is 3.12. The fourth-order valence-electron chi connectivity index (χ4n) is 1.78. The van der Waals surface area contributed by atoms with E-state index in [9.17, 15) is 4.79 Å². The Kier molecular flexibility index (Phi) is 5.37. The second-order valence-corrected chi connectivity index (χ2v) is 5.07. The molecular formula is C15H16N2O4S. The fourth-order valence-corrected chi connectivity index (χ4v) is 2.39. The largest absolute Gasteiger partial charge is 0.496 e. The summed E-state index contributed by atoms with van der Waals surface area (Å²) in [5.74, 6) is 1.41. The molecule has 0 saturated carbocycles. The van der Waals surface area contributed by atoms with Gasteiger partial charge in [-0.3, -0.25) is 4.79 Å². The number of nitrogens with zero attached hydrogens (tertiary/aromatic N) is 1. The molecule has 0 radical (unpaired) electrons. The highest BCUT2D eigenvalue weighted by Crippen LogP contribution is 2.33. The lowest BCUT2D eigenvalue weighted by Crippen LogP contribution is -2.16. The zero-order valence-electron chi connectivity index (χ0n) is 12.5. The van der Waals surface area contributed by atoms with E-state index in [0.717, 1.165) is 0 Å². The minimum absolute atomic E-state index is 0.259. The third kappa shape index (κ3) is 3.56. The molecule has 0 aliphatic rings. The van der Waals surface area contributed by atoms with Gasteiger partial charge >= 0.3 is 0 Å². The van der Waals surface area contributed by atoms with Crippen molar-refractivity contribution < 1.29 is 19.0 Å². The minimum Gasteiger partial charge on any atom is -0.496 e. The number of nitrogens with one attached hydrogen (secondary N) is 1. The number of hydrazone groups is 1. The lowest BCUT2D eigenvalue weighted by molar-refractivity contribution is 0.0959. The number of thiophene rings is 1. The number of rotatable bonds is 6. The summed E-state index contributed by atoms with van der Waals surface area (Å²) in [6, 6.07) is 6.95. The molecule has 0 fully saturated rings. The Balaban J connectivity index is 2.17. The third-order valence-electron chi connectivity index (χ3n) is 2.85. The van der Waals surface area contributed by atoms with E-state index in [1.165, 1.54) is 17.6 Å². The molecule has 22 heavy (non-hydrogen) atoms. The van der Waals surface area contributed by atoms with Crippen LogP contribution in [0.5, 0.6) is 17.2 Å². The van der Waals surface area contributed by atoms with E-state index in [2.05, 4.69) is 10.5 Å². The van der Waals surface area contributed by atoms with Crippen molar-refractivity contribution in [3.05, 3.63) is 40.1 Å². The second kappa shape index (κ2) is 7.46. The van der Waals surface area contributed by atoms with Crippen molar-refractivity contribution in [2.45, 2.75) is 0 Å². The van der Waals surface area contributed by atoms with Gasteiger partial charge in [-0.15, -0.1) is 11.3 Å². The minimum atomic E-state index is -0.259. The molecule has 1 aromatic heterocycles. The predicted molar refractivity (Wildman–Crippen MR) is 85.5 cm³/mol. The normalized spacial score (nSPS) is 10.5. The van der Waals surface area contributed by atoms with Crippen LogP contribution in [0.4, 0.5) is 0 Å². The maximum absolute atomic E-state index is 11.8. The summed E-state index contributed by atoms with van der Waals surface area (Å²) in [6.45, 7) is 0. The first-order valence-electron chi connectivity index (χ1n) is 6.36. The van der Waals surface area contributed by atoms with E-state index >= 15 is 0 Å². The van der Waals surface area contributed by atoms with Crippen LogP contribution in [0.3, 0.4) is 0 Å². The Morgan fingerprint density at radius 3 is 2.41 bits per heavy atom. The van der Waals surface area contributed by atoms with Gasteiger partial charge in [-0.2, -0.15) is 5.10 Å². The average molecular weight is 320 g/mol. The molecule has 0 saturated heterocycles. The Labute approximate surface area is 132 Å². The van der Waals surface area contributed by atoms with Crippen LogP contribution in [0.2, 0.25) is 0 Å². The van der Waals surface area contributed by atoms with Crippen LogP contribution in [0.25, 0.3) is 0 Å². The number of amides is 1. The molecule has 1 aromatic carbocycles. The van der Waals surface area contributed by atoms with Crippen molar-refractivity contribution in [2.24, 2.45) is 5.10 Å². The van der Waals surface area contributed by atoms with E-state index in [1.807, 2.05) is 5.38 Å². The first-order chi connectivity index (χ1) is 10.7. The van der Waals surface area contributed by atoms with Crippen LogP contribution in [0.1, 0.15) is 15.2 Å². The number of methoxy groups -OCH3 is 3. The van der Waals surface area contributed by atoms with Crippen LogP contribution < -0.4 is 19.6 Å². The maximum atomic E-state index is 11.8. The molecule has 0 aliphatic carbocycles. The van der Waals surface area contributed by atoms with Gasteiger partial charge in [0.05, 0.1) is 32.4 Å². The van der Waals surface area contributed by atoms with Crippen molar-refractivity contribution >= 4 is 23.5 Å². The van der Waals surface area contributed by atoms with Gasteiger partial charge in [0.15, 0.2) is 11.5 Å². The van der Waals surface area contributed by atoms with Gasteiger partial charge in [-0.1, -0.05) is 6.07 Å². The first-order valence-corrected chi connectivity index (χ1v) is 7.24. The smallest absolute Gasteiger partial charge is 0.281 e. The van der Waals surface area contributed by atoms with Gasteiger partial charge < -0.3 is 14.2 Å². The van der Waals surface area contributed by atoms with E-state index in [4.69, 9.17) is 14.2 Å². The third-order valence-corrected chi connectivity index (χ3v) is 3.72. The van der Waals surface area contributed by atoms with Crippen molar-refractivity contribution in [1.29, 1.82) is 0 Å². The number of carbonyl (C=O) groups is 1. The van der Waals surface area contributed by atoms with Crippen LogP contribution in [0.15, 0.2) is 34.7 Å². The van der Waals surface area contributed by atoms with Crippen molar-refractivity contribution in [1.82, 2.24) is 5.43 Å². The summed E-state index contributed by atoms with van der Waals surface area (Å²) in [4.78, 5) is 12.4. The second-order valence-electron chi connectivity index (χ2n) is 4.13. The van der Waals surface area contributed by atoms with Crippen LogP contribution >= 0.6 is 11.3 Å². The number of benzene rings is 1. The summed E-state index contributed by atoms with van der Waals surface area (Å²) in [5, 5.41) is 5.77. The van der Waals surface area contributed by atoms with E-state index in [-0.39, 0.29) is 5.91 Å². The highest BCUT2D eigenvalue weighted by Gasteiger charge is 2.10. The summed E-state index contributed by atoms with van der Waals surface area (Å²) in [6.07, 6.45) is 1.49. The molecule has 7 heteroatoms. The van der Waals surface area contributed by atoms with E-state index in [0.29, 0.717) is 27.7 Å². The van der Waals surface area contributed by atoms with Crippen LogP contribution in [-0.4, -0.2) is 33.5 Å². The molecule has 0 spiro atoms. The average Bonchev–Trinajstić information content (AvgIpc) is 3.08. The van der Waals surface area contributed by atoms with Gasteiger partial charge in [-0.25, -0.2) is 5.43 Å². The molecule has 0 atom stereocenters. The van der Waals surface area contributed by atoms with Gasteiger partial charge in [0.2, 0.25) is 0 Å². The van der Waals surface area contributed by atoms with Crippen LogP contribution in [0, 0.1) is 0 Å². The van der Waals surface area contributed by atoms with Gasteiger partial charge in [0.1, 0.15) is 5.75 Å². The molecule has 0 bridgehead atoms. The summed E-state index contributed by atoms with van der Waals surface area (Å²) in [7, 11) is 4.64. The number of hydrogen-bond acceptors (Lipinski definition) is 6. The van der Waals surface area contributed by atoms with E-state index < -0.39 is 0 Å². The quantitative estimate of drug-likeness (QED) is 0.656. The first kappa shape index (κ1) is 15.8.